The molecule has 0 radical (unpaired) electrons. The minimum Gasteiger partial charge on any atom is -0.454 e. The number of anilines is 2. The number of likely N-dealkylation sites (N-methyl/N-ethyl adjacent to an activating group) is 4. The quantitative estimate of drug-likeness (QED) is 0.119. The molecule has 3 fully saturated rings. The third-order valence-corrected chi connectivity index (χ3v) is 15.6. The first-order valence-corrected chi connectivity index (χ1v) is 28.9. The van der Waals surface area contributed by atoms with Crippen molar-refractivity contribution >= 4 is 70.2 Å². The number of ether oxygens (including phenoxy) is 6. The molecule has 0 spiro atoms. The second-order valence-electron chi connectivity index (χ2n) is 23.3. The van der Waals surface area contributed by atoms with Gasteiger partial charge in [-0.1, -0.05) is 91.9 Å². The van der Waals surface area contributed by atoms with Gasteiger partial charge in [0.15, 0.2) is 18.3 Å². The highest BCUT2D eigenvalue weighted by atomic mass is 32.1. The minimum absolute atomic E-state index is 0.0586. The van der Waals surface area contributed by atoms with Crippen LogP contribution in [0.1, 0.15) is 106 Å². The summed E-state index contributed by atoms with van der Waals surface area (Å²) in [6, 6.07) is 10.5. The smallest absolute Gasteiger partial charge is 0.329 e. The molecule has 0 N–H and O–H groups in total. The number of carbonyl (C=O) groups excluding carboxylic acids is 7. The molecule has 3 aliphatic heterocycles. The van der Waals surface area contributed by atoms with E-state index in [-0.39, 0.29) is 67.2 Å². The Kier molecular flexibility index (Phi) is 24.6. The van der Waals surface area contributed by atoms with E-state index in [9.17, 15) is 24.0 Å². The second kappa shape index (κ2) is 30.3. The number of esters is 4. The lowest BCUT2D eigenvalue weighted by Gasteiger charge is -2.36. The summed E-state index contributed by atoms with van der Waals surface area (Å²) in [7, 11) is 5.92. The number of morpholine rings is 2. The van der Waals surface area contributed by atoms with Gasteiger partial charge in [-0.3, -0.25) is 14.4 Å². The highest BCUT2D eigenvalue weighted by Gasteiger charge is 2.42. The zero-order valence-corrected chi connectivity index (χ0v) is 50.7. The maximum absolute atomic E-state index is 15.0. The van der Waals surface area contributed by atoms with Crippen LogP contribution in [0.5, 0.6) is 0 Å². The number of nitrogens with zero attached hydrogens (tertiary/aromatic N) is 6. The number of hydrogen-bond donors (Lipinski definition) is 0. The molecule has 2 aromatic carbocycles. The predicted molar refractivity (Wildman–Crippen MR) is 309 cm³/mol. The maximum Gasteiger partial charge on any atom is 0.329 e. The van der Waals surface area contributed by atoms with Gasteiger partial charge in [0.05, 0.1) is 26.4 Å². The highest BCUT2D eigenvalue weighted by Crippen LogP contribution is 2.26. The van der Waals surface area contributed by atoms with Crippen LogP contribution in [-0.4, -0.2) is 196 Å². The normalized spacial score (nSPS) is 25.6. The summed E-state index contributed by atoms with van der Waals surface area (Å²) in [4.78, 5) is 113. The number of thiocarbonyl (C=S) groups is 1. The standard InChI is InChI=1S/C60H90N6O13S/c1-37(2)31-47-57(70)76-41(9)53(67)61(11)49(33-39(5)6)59(72)78-51(35-43-15-19-45(20-16-43)65-23-27-74-28-24-65)54(68)63(13)48(32-38(3)4)58(71)77-42(10)56(80)64(14)50(34-40(7)8)60(73)79-52(55(69)62(47)12)36-44-17-21-46(22-18-44)66-25-29-75-30-26-66/h15-22,37-42,47-52H,23-36H2,1-14H3/t41-,42-,47+,48+,49+,50+,51-,52-/m0/s1. The van der Waals surface area contributed by atoms with E-state index in [1.54, 1.807) is 14.0 Å². The lowest BCUT2D eigenvalue weighted by molar-refractivity contribution is -0.174. The van der Waals surface area contributed by atoms with Crippen LogP contribution in [0.25, 0.3) is 0 Å². The van der Waals surface area contributed by atoms with Crippen LogP contribution in [0.3, 0.4) is 0 Å². The fourth-order valence-corrected chi connectivity index (χ4v) is 10.4. The molecule has 5 rings (SSSR count). The molecule has 80 heavy (non-hydrogen) atoms. The molecule has 3 amide bonds. The van der Waals surface area contributed by atoms with E-state index in [1.165, 1.54) is 47.7 Å². The van der Waals surface area contributed by atoms with E-state index in [0.717, 1.165) is 11.4 Å². The van der Waals surface area contributed by atoms with Gasteiger partial charge >= 0.3 is 23.9 Å². The largest absolute Gasteiger partial charge is 0.454 e. The molecule has 0 aromatic heterocycles. The van der Waals surface area contributed by atoms with Crippen LogP contribution in [0.2, 0.25) is 0 Å². The summed E-state index contributed by atoms with van der Waals surface area (Å²) in [5.41, 5.74) is 3.28. The Morgan fingerprint density at radius 2 is 0.713 bits per heavy atom. The summed E-state index contributed by atoms with van der Waals surface area (Å²) in [6.45, 7) is 23.4. The molecule has 20 heteroatoms. The first-order valence-electron chi connectivity index (χ1n) is 28.5. The Morgan fingerprint density at radius 3 is 1.04 bits per heavy atom. The second-order valence-corrected chi connectivity index (χ2v) is 23.7. The molecule has 444 valence electrons. The van der Waals surface area contributed by atoms with Gasteiger partial charge in [0.2, 0.25) is 0 Å². The van der Waals surface area contributed by atoms with Gasteiger partial charge in [-0.25, -0.2) is 19.2 Å². The molecule has 8 atom stereocenters. The fourth-order valence-electron chi connectivity index (χ4n) is 10.2. The van der Waals surface area contributed by atoms with Crippen molar-refractivity contribution in [2.24, 2.45) is 23.7 Å². The molecule has 0 saturated carbocycles. The zero-order valence-electron chi connectivity index (χ0n) is 49.8. The van der Waals surface area contributed by atoms with Crippen molar-refractivity contribution in [3.05, 3.63) is 59.7 Å². The summed E-state index contributed by atoms with van der Waals surface area (Å²) < 4.78 is 35.7. The molecule has 2 aromatic rings. The van der Waals surface area contributed by atoms with Crippen LogP contribution in [0, 0.1) is 23.7 Å². The molecular weight excluding hydrogens is 1040 g/mol. The Balaban J connectivity index is 1.59. The predicted octanol–water partition coefficient (Wildman–Crippen LogP) is 6.14. The van der Waals surface area contributed by atoms with Crippen molar-refractivity contribution in [3.8, 4) is 0 Å². The van der Waals surface area contributed by atoms with Crippen molar-refractivity contribution in [3.63, 3.8) is 0 Å². The van der Waals surface area contributed by atoms with Gasteiger partial charge in [0, 0.05) is 78.6 Å². The maximum atomic E-state index is 15.0. The van der Waals surface area contributed by atoms with E-state index < -0.39 is 90.2 Å². The summed E-state index contributed by atoms with van der Waals surface area (Å²) in [6.07, 6.45) is -4.98. The summed E-state index contributed by atoms with van der Waals surface area (Å²) >= 11 is 5.99. The third-order valence-electron chi connectivity index (χ3n) is 14.9. The molecule has 3 aliphatic rings. The molecule has 0 aliphatic carbocycles. The molecule has 3 saturated heterocycles. The van der Waals surface area contributed by atoms with Crippen LogP contribution < -0.4 is 9.80 Å². The SMILES string of the molecule is CC(C)C[C@@H]1C(=O)O[C@@H](Cc2ccc(N3CCOCC3)cc2)C(=O)N(C)[C@H](CC(C)C)C(=O)O[C@@H](C)C(=S)N(C)[C@H](CC(C)C)C(=O)O[C@@H](Cc2ccc(N3CCOCC3)cc2)C(=O)N(C)[C@H](CC(C)C)C(=O)O[C@@H](C)C(=O)N1C. The third kappa shape index (κ3) is 18.1. The number of cyclic esters (lactones) is 4. The number of carbonyl (C=O) groups is 7. The Hall–Kier alpha value is -5.86. The van der Waals surface area contributed by atoms with Gasteiger partial charge in [0.25, 0.3) is 17.7 Å². The van der Waals surface area contributed by atoms with Gasteiger partial charge in [-0.2, -0.15) is 0 Å². The molecule has 19 nitrogen and oxygen atoms in total. The number of benzene rings is 2. The Bertz CT molecular complexity index is 2230. The number of rotatable bonds is 14. The highest BCUT2D eigenvalue weighted by molar-refractivity contribution is 7.80. The van der Waals surface area contributed by atoms with E-state index in [0.29, 0.717) is 63.7 Å². The van der Waals surface area contributed by atoms with Gasteiger partial charge in [0.1, 0.15) is 35.3 Å². The van der Waals surface area contributed by atoms with Crippen LogP contribution in [0.4, 0.5) is 11.4 Å². The number of amides is 3. The summed E-state index contributed by atoms with van der Waals surface area (Å²) in [5, 5.41) is 0. The van der Waals surface area contributed by atoms with Crippen molar-refractivity contribution in [1.29, 1.82) is 0 Å². The van der Waals surface area contributed by atoms with Gasteiger partial charge in [-0.15, -0.1) is 0 Å². The minimum atomic E-state index is -1.47. The van der Waals surface area contributed by atoms with E-state index >= 15 is 9.59 Å². The van der Waals surface area contributed by atoms with E-state index in [4.69, 9.17) is 40.6 Å². The molecule has 0 unspecified atom stereocenters. The Morgan fingerprint density at radius 1 is 0.425 bits per heavy atom. The average molecular weight is 1140 g/mol. The van der Waals surface area contributed by atoms with Crippen LogP contribution >= 0.6 is 12.2 Å². The van der Waals surface area contributed by atoms with Crippen molar-refractivity contribution in [2.45, 2.75) is 156 Å². The molecular formula is C60H90N6O13S. The lowest BCUT2D eigenvalue weighted by atomic mass is 10.00. The van der Waals surface area contributed by atoms with Gasteiger partial charge < -0.3 is 57.8 Å². The first-order chi connectivity index (χ1) is 37.8. The van der Waals surface area contributed by atoms with Crippen molar-refractivity contribution in [2.75, 3.05) is 90.6 Å². The van der Waals surface area contributed by atoms with Crippen LogP contribution in [-0.2, 0) is 74.8 Å². The topological polar surface area (TPSA) is 194 Å². The first kappa shape index (κ1) is 65.0. The summed E-state index contributed by atoms with van der Waals surface area (Å²) in [5.74, 6) is -5.91. The van der Waals surface area contributed by atoms with Gasteiger partial charge in [-0.05, 0) is 98.6 Å². The monoisotopic (exact) mass is 1130 g/mol. The molecule has 3 heterocycles. The lowest BCUT2D eigenvalue weighted by Crippen LogP contribution is -2.54. The van der Waals surface area contributed by atoms with Crippen molar-refractivity contribution in [1.82, 2.24) is 19.6 Å². The number of hydrogen-bond acceptors (Lipinski definition) is 16. The zero-order chi connectivity index (χ0) is 59.1. The Labute approximate surface area is 480 Å². The molecule has 0 bridgehead atoms. The van der Waals surface area contributed by atoms with Crippen LogP contribution in [0.15, 0.2) is 48.5 Å². The van der Waals surface area contributed by atoms with E-state index in [2.05, 4.69) is 9.80 Å². The fraction of sp³-hybridized carbons (Fsp3) is 0.667. The van der Waals surface area contributed by atoms with Crippen molar-refractivity contribution < 1.29 is 62.0 Å². The van der Waals surface area contributed by atoms with E-state index in [1.807, 2.05) is 104 Å². The average Bonchev–Trinajstić information content (AvgIpc) is 3.44.